The van der Waals surface area contributed by atoms with Gasteiger partial charge in [0, 0.05) is 30.5 Å². The van der Waals surface area contributed by atoms with Crippen LogP contribution in [0.1, 0.15) is 51.9 Å². The van der Waals surface area contributed by atoms with Crippen LogP contribution in [0.3, 0.4) is 0 Å². The topological polar surface area (TPSA) is 73.5 Å². The smallest absolute Gasteiger partial charge is 0.246 e. The Morgan fingerprint density at radius 2 is 1.83 bits per heavy atom. The van der Waals surface area contributed by atoms with Crippen molar-refractivity contribution in [3.63, 3.8) is 0 Å². The van der Waals surface area contributed by atoms with Crippen molar-refractivity contribution in [3.05, 3.63) is 24.3 Å². The zero-order valence-corrected chi connectivity index (χ0v) is 19.2. The summed E-state index contributed by atoms with van der Waals surface area (Å²) < 4.78 is 0. The highest BCUT2D eigenvalue weighted by Crippen LogP contribution is 2.33. The molecule has 2 saturated heterocycles. The van der Waals surface area contributed by atoms with Crippen molar-refractivity contribution in [2.24, 2.45) is 5.92 Å². The number of benzene rings is 1. The predicted octanol–water partition coefficient (Wildman–Crippen LogP) is 3.49. The Kier molecular flexibility index (Phi) is 9.26. The molecule has 1 saturated carbocycles. The SMILES string of the molecule is CC(NC(=O)C1CC2CCCCC2N1)C(=O)Nc1cccc(N2CCCC2)c1.Cl.Cl. The van der Waals surface area contributed by atoms with E-state index in [1.165, 1.54) is 32.1 Å². The third-order valence-electron chi connectivity index (χ3n) is 6.52. The maximum absolute atomic E-state index is 12.6. The van der Waals surface area contributed by atoms with Crippen molar-refractivity contribution in [1.29, 1.82) is 0 Å². The van der Waals surface area contributed by atoms with Gasteiger partial charge in [0.05, 0.1) is 6.04 Å². The number of fused-ring (bicyclic) bond motifs is 1. The van der Waals surface area contributed by atoms with Crippen molar-refractivity contribution in [2.75, 3.05) is 23.3 Å². The quantitative estimate of drug-likeness (QED) is 0.633. The predicted molar refractivity (Wildman–Crippen MR) is 126 cm³/mol. The fraction of sp³-hybridized carbons (Fsp3) is 0.636. The van der Waals surface area contributed by atoms with E-state index in [-0.39, 0.29) is 42.7 Å². The summed E-state index contributed by atoms with van der Waals surface area (Å²) in [5.74, 6) is 0.382. The lowest BCUT2D eigenvalue weighted by molar-refractivity contribution is -0.127. The number of nitrogens with one attached hydrogen (secondary N) is 3. The molecule has 3 fully saturated rings. The molecule has 3 N–H and O–H groups in total. The van der Waals surface area contributed by atoms with E-state index in [2.05, 4.69) is 26.9 Å². The van der Waals surface area contributed by atoms with Crippen LogP contribution in [-0.4, -0.2) is 43.0 Å². The largest absolute Gasteiger partial charge is 0.371 e. The Balaban J connectivity index is 0.00000160. The molecule has 4 rings (SSSR count). The van der Waals surface area contributed by atoms with Crippen molar-refractivity contribution in [3.8, 4) is 0 Å². The molecule has 4 atom stereocenters. The minimum absolute atomic E-state index is 0. The second-order valence-corrected chi connectivity index (χ2v) is 8.57. The number of hydrogen-bond donors (Lipinski definition) is 3. The molecule has 168 valence electrons. The Morgan fingerprint density at radius 1 is 1.10 bits per heavy atom. The van der Waals surface area contributed by atoms with Gasteiger partial charge in [-0.3, -0.25) is 9.59 Å². The Morgan fingerprint density at radius 3 is 2.57 bits per heavy atom. The molecule has 1 aromatic carbocycles. The lowest BCUT2D eigenvalue weighted by Gasteiger charge is -2.24. The average Bonchev–Trinajstić information content (AvgIpc) is 3.38. The summed E-state index contributed by atoms with van der Waals surface area (Å²) in [6.07, 6.45) is 8.23. The molecule has 2 amide bonds. The molecule has 2 heterocycles. The van der Waals surface area contributed by atoms with E-state index < -0.39 is 6.04 Å². The fourth-order valence-corrected chi connectivity index (χ4v) is 4.91. The summed E-state index contributed by atoms with van der Waals surface area (Å²) >= 11 is 0. The fourth-order valence-electron chi connectivity index (χ4n) is 4.91. The van der Waals surface area contributed by atoms with Crippen LogP contribution in [0.2, 0.25) is 0 Å². The van der Waals surface area contributed by atoms with Crippen molar-refractivity contribution < 1.29 is 9.59 Å². The Bertz CT molecular complexity index is 713. The van der Waals surface area contributed by atoms with Gasteiger partial charge in [-0.15, -0.1) is 24.8 Å². The second kappa shape index (κ2) is 11.2. The number of nitrogens with zero attached hydrogens (tertiary/aromatic N) is 1. The molecule has 30 heavy (non-hydrogen) atoms. The highest BCUT2D eigenvalue weighted by molar-refractivity contribution is 5.98. The van der Waals surface area contributed by atoms with Crippen molar-refractivity contribution in [1.82, 2.24) is 10.6 Å². The molecule has 0 spiro atoms. The first-order valence-corrected chi connectivity index (χ1v) is 10.8. The monoisotopic (exact) mass is 456 g/mol. The number of anilines is 2. The standard InChI is InChI=1S/C22H32N4O2.2ClH/c1-15(23-22(28)20-13-16-7-2-3-10-19(16)25-20)21(27)24-17-8-6-9-18(14-17)26-11-4-5-12-26;;/h6,8-9,14-16,19-20,25H,2-5,7,10-13H2,1H3,(H,23,28)(H,24,27);2*1H. The van der Waals surface area contributed by atoms with E-state index in [1.54, 1.807) is 6.92 Å². The zero-order chi connectivity index (χ0) is 19.5. The van der Waals surface area contributed by atoms with Gasteiger partial charge in [-0.05, 0) is 63.1 Å². The molecule has 8 heteroatoms. The molecule has 0 radical (unpaired) electrons. The van der Waals surface area contributed by atoms with E-state index >= 15 is 0 Å². The summed E-state index contributed by atoms with van der Waals surface area (Å²) in [7, 11) is 0. The third kappa shape index (κ3) is 5.80. The maximum atomic E-state index is 12.6. The van der Waals surface area contributed by atoms with Crippen LogP contribution in [0.4, 0.5) is 11.4 Å². The highest BCUT2D eigenvalue weighted by Gasteiger charge is 2.38. The first-order valence-electron chi connectivity index (χ1n) is 10.8. The number of hydrogen-bond acceptors (Lipinski definition) is 4. The number of carbonyl (C=O) groups is 2. The van der Waals surface area contributed by atoms with E-state index in [0.717, 1.165) is 37.3 Å². The summed E-state index contributed by atoms with van der Waals surface area (Å²) in [6, 6.07) is 7.71. The maximum Gasteiger partial charge on any atom is 0.246 e. The first-order chi connectivity index (χ1) is 13.6. The van der Waals surface area contributed by atoms with Gasteiger partial charge >= 0.3 is 0 Å². The van der Waals surface area contributed by atoms with Crippen LogP contribution in [0.5, 0.6) is 0 Å². The van der Waals surface area contributed by atoms with Crippen molar-refractivity contribution in [2.45, 2.75) is 70.0 Å². The Labute approximate surface area is 191 Å². The van der Waals surface area contributed by atoms with E-state index in [4.69, 9.17) is 0 Å². The second-order valence-electron chi connectivity index (χ2n) is 8.57. The van der Waals surface area contributed by atoms with Crippen LogP contribution in [0, 0.1) is 5.92 Å². The molecule has 2 aliphatic heterocycles. The van der Waals surface area contributed by atoms with Gasteiger partial charge in [-0.1, -0.05) is 18.9 Å². The number of halogens is 2. The molecule has 4 unspecified atom stereocenters. The van der Waals surface area contributed by atoms with Gasteiger partial charge in [0.1, 0.15) is 6.04 Å². The lowest BCUT2D eigenvalue weighted by Crippen LogP contribution is -2.49. The van der Waals surface area contributed by atoms with E-state index in [1.807, 2.05) is 18.2 Å². The zero-order valence-electron chi connectivity index (χ0n) is 17.6. The minimum Gasteiger partial charge on any atom is -0.371 e. The summed E-state index contributed by atoms with van der Waals surface area (Å²) in [6.45, 7) is 3.89. The number of rotatable bonds is 5. The van der Waals surface area contributed by atoms with Gasteiger partial charge in [0.25, 0.3) is 0 Å². The molecular weight excluding hydrogens is 423 g/mol. The normalized spacial score (nSPS) is 26.0. The molecule has 6 nitrogen and oxygen atoms in total. The summed E-state index contributed by atoms with van der Waals surface area (Å²) in [5, 5.41) is 9.32. The Hall–Kier alpha value is -1.50. The summed E-state index contributed by atoms with van der Waals surface area (Å²) in [5.41, 5.74) is 1.92. The van der Waals surface area contributed by atoms with Crippen LogP contribution >= 0.6 is 24.8 Å². The molecule has 0 aromatic heterocycles. The molecule has 0 bridgehead atoms. The van der Waals surface area contributed by atoms with Crippen LogP contribution < -0.4 is 20.9 Å². The number of amides is 2. The average molecular weight is 457 g/mol. The van der Waals surface area contributed by atoms with Gasteiger partial charge in [-0.2, -0.15) is 0 Å². The first kappa shape index (κ1) is 24.8. The molecular formula is C22H34Cl2N4O2. The van der Waals surface area contributed by atoms with Crippen LogP contribution in [0.25, 0.3) is 0 Å². The lowest BCUT2D eigenvalue weighted by atomic mass is 9.85. The van der Waals surface area contributed by atoms with Crippen LogP contribution in [0.15, 0.2) is 24.3 Å². The highest BCUT2D eigenvalue weighted by atomic mass is 35.5. The molecule has 1 aliphatic carbocycles. The van der Waals surface area contributed by atoms with Gasteiger partial charge in [-0.25, -0.2) is 0 Å². The number of carbonyl (C=O) groups excluding carboxylic acids is 2. The van der Waals surface area contributed by atoms with Crippen LogP contribution in [-0.2, 0) is 9.59 Å². The van der Waals surface area contributed by atoms with Crippen molar-refractivity contribution >= 4 is 48.0 Å². The third-order valence-corrected chi connectivity index (χ3v) is 6.52. The van der Waals surface area contributed by atoms with Gasteiger partial charge in [0.15, 0.2) is 0 Å². The summed E-state index contributed by atoms with van der Waals surface area (Å²) in [4.78, 5) is 27.5. The minimum atomic E-state index is -0.563. The van der Waals surface area contributed by atoms with E-state index in [9.17, 15) is 9.59 Å². The van der Waals surface area contributed by atoms with E-state index in [0.29, 0.717) is 12.0 Å². The van der Waals surface area contributed by atoms with Gasteiger partial charge in [0.2, 0.25) is 11.8 Å². The molecule has 3 aliphatic rings. The van der Waals surface area contributed by atoms with Gasteiger partial charge < -0.3 is 20.9 Å². The molecule has 1 aromatic rings.